The van der Waals surface area contributed by atoms with Crippen molar-refractivity contribution in [1.29, 1.82) is 0 Å². The molecular weight excluding hydrogens is 1170 g/mol. The minimum Gasteiger partial charge on any atom is -0.504 e. The van der Waals surface area contributed by atoms with Gasteiger partial charge in [0.15, 0.2) is 16.9 Å². The van der Waals surface area contributed by atoms with E-state index in [1.54, 1.807) is 0 Å². The fourth-order valence-electron chi connectivity index (χ4n) is 17.8. The fraction of sp³-hybridized carbons (Fsp3) is 0.558. The van der Waals surface area contributed by atoms with Crippen LogP contribution in [0.3, 0.4) is 0 Å². The quantitative estimate of drug-likeness (QED) is 0.0290. The maximum absolute atomic E-state index is 7.51. The zero-order chi connectivity index (χ0) is 67.6. The van der Waals surface area contributed by atoms with E-state index < -0.39 is 0 Å². The predicted molar refractivity (Wildman–Crippen MR) is 411 cm³/mol. The van der Waals surface area contributed by atoms with E-state index in [-0.39, 0.29) is 24.4 Å². The highest BCUT2D eigenvalue weighted by Gasteiger charge is 2.42. The number of hydrogen-bond acceptors (Lipinski definition) is 3. The number of rotatable bonds is 36. The van der Waals surface area contributed by atoms with Crippen LogP contribution in [0.5, 0.6) is 17.2 Å². The first kappa shape index (κ1) is 69.5. The minimum absolute atomic E-state index is 0.0333. The fourth-order valence-corrected chi connectivity index (χ4v) is 17.8. The molecule has 508 valence electrons. The second-order valence-corrected chi connectivity index (χ2v) is 29.7. The summed E-state index contributed by atoms with van der Waals surface area (Å²) in [6, 6.07) is 23.4. The minimum atomic E-state index is 0.0333. The molecule has 2 aromatic heterocycles. The second kappa shape index (κ2) is 30.4. The van der Waals surface area contributed by atoms with E-state index in [1.165, 1.54) is 211 Å². The molecule has 4 aliphatic rings. The average Bonchev–Trinajstić information content (AvgIpc) is 1.46. The summed E-state index contributed by atoms with van der Waals surface area (Å²) in [6.45, 7) is 37.3. The van der Waals surface area contributed by atoms with Crippen LogP contribution in [-0.2, 0) is 12.8 Å². The molecule has 10 heteroatoms. The number of unbranched alkanes of at least 4 members (excludes halogenated alkanes) is 4. The number of hydrogen-bond donors (Lipinski definition) is 0. The molecule has 0 amide bonds. The molecular formula is C86H116B2N4O4+2. The summed E-state index contributed by atoms with van der Waals surface area (Å²) in [5.41, 5.74) is 13.7. The van der Waals surface area contributed by atoms with Crippen LogP contribution in [0.15, 0.2) is 88.4 Å². The van der Waals surface area contributed by atoms with Crippen molar-refractivity contribution in [2.45, 2.75) is 289 Å². The third-order valence-corrected chi connectivity index (χ3v) is 23.1. The molecule has 0 aliphatic carbocycles. The first-order chi connectivity index (χ1) is 46.7. The van der Waals surface area contributed by atoms with E-state index in [4.69, 9.17) is 18.6 Å². The van der Waals surface area contributed by atoms with Gasteiger partial charge in [0.1, 0.15) is 45.0 Å². The maximum atomic E-state index is 7.51. The third-order valence-electron chi connectivity index (χ3n) is 23.1. The van der Waals surface area contributed by atoms with Gasteiger partial charge in [-0.1, -0.05) is 204 Å². The molecule has 0 fully saturated rings. The van der Waals surface area contributed by atoms with Gasteiger partial charge in [0, 0.05) is 94.7 Å². The smallest absolute Gasteiger partial charge is 0.504 e. The Kier molecular flexibility index (Phi) is 22.0. The highest BCUT2D eigenvalue weighted by atomic mass is 16.5. The SMILES string of the molecule is CCCCC(CC)CC(C)Oc1ccc2ccc(OC(C)CC(CC)CCCC)c3c4cc(CC)n5c4c(c1c23)=C1C=C(C2=CC3=c4c6c(OC(C)CC(CC)CCCC)ccc7ccc(=[O+]C(C)CC(CC)CCCC)c(c8cc(CC)[n+](c48)[B-][N+]3=C2CC)c76)C(CC)=[N+]1[B-]5. The van der Waals surface area contributed by atoms with Crippen LogP contribution in [0.25, 0.3) is 76.3 Å². The molecule has 8 unspecified atom stereocenters. The van der Waals surface area contributed by atoms with E-state index in [0.717, 1.165) is 86.9 Å². The molecule has 6 aromatic carbocycles. The molecule has 0 bridgehead atoms. The maximum Gasteiger partial charge on any atom is 0.524 e. The van der Waals surface area contributed by atoms with E-state index in [1.807, 2.05) is 0 Å². The Morgan fingerprint density at radius 3 is 1.40 bits per heavy atom. The van der Waals surface area contributed by atoms with Gasteiger partial charge in [-0.05, 0) is 117 Å². The van der Waals surface area contributed by atoms with Gasteiger partial charge in [-0.15, -0.1) is 0 Å². The number of ether oxygens (including phenoxy) is 3. The summed E-state index contributed by atoms with van der Waals surface area (Å²) >= 11 is 0. The third kappa shape index (κ3) is 12.9. The molecule has 8 nitrogen and oxygen atoms in total. The molecule has 8 aromatic rings. The number of allylic oxidation sites excluding steroid dienone is 2. The Labute approximate surface area is 577 Å². The Morgan fingerprint density at radius 2 is 0.917 bits per heavy atom. The molecule has 8 atom stereocenters. The van der Waals surface area contributed by atoms with Crippen molar-refractivity contribution in [3.8, 4) is 17.2 Å². The summed E-state index contributed by atoms with van der Waals surface area (Å²) in [5.74, 6) is 5.41. The van der Waals surface area contributed by atoms with Gasteiger partial charge in [-0.3, -0.25) is 4.42 Å². The lowest BCUT2D eigenvalue weighted by atomic mass is 9.91. The molecule has 0 N–H and O–H groups in total. The molecule has 12 rings (SSSR count). The molecule has 6 heterocycles. The normalized spacial score (nSPS) is 17.4. The largest absolute Gasteiger partial charge is 0.524 e. The predicted octanol–water partition coefficient (Wildman–Crippen LogP) is 20.0. The van der Waals surface area contributed by atoms with Gasteiger partial charge in [0.05, 0.1) is 40.1 Å². The number of nitrogens with zero attached hydrogens (tertiary/aromatic N) is 4. The van der Waals surface area contributed by atoms with Crippen LogP contribution in [-0.4, -0.2) is 64.4 Å². The van der Waals surface area contributed by atoms with Gasteiger partial charge in [-0.2, -0.15) is 0 Å². The van der Waals surface area contributed by atoms with E-state index >= 15 is 0 Å². The van der Waals surface area contributed by atoms with Crippen LogP contribution in [0.4, 0.5) is 0 Å². The highest BCUT2D eigenvalue weighted by Crippen LogP contribution is 2.46. The van der Waals surface area contributed by atoms with Gasteiger partial charge >= 0.3 is 13.0 Å². The lowest BCUT2D eigenvalue weighted by Crippen LogP contribution is -2.54. The van der Waals surface area contributed by atoms with Crippen molar-refractivity contribution in [1.82, 2.24) is 4.48 Å². The summed E-state index contributed by atoms with van der Waals surface area (Å²) in [6.07, 6.45) is 32.6. The Balaban J connectivity index is 1.13. The lowest BCUT2D eigenvalue weighted by molar-refractivity contribution is -0.567. The zero-order valence-electron chi connectivity index (χ0n) is 62.1. The Hall–Kier alpha value is -6.41. The Bertz CT molecular complexity index is 4500. The summed E-state index contributed by atoms with van der Waals surface area (Å²) in [5, 5.41) is 14.7. The van der Waals surface area contributed by atoms with Gasteiger partial charge in [0.25, 0.3) is 6.10 Å². The van der Waals surface area contributed by atoms with E-state index in [0.29, 0.717) is 23.7 Å². The van der Waals surface area contributed by atoms with Crippen LogP contribution < -0.4 is 34.6 Å². The van der Waals surface area contributed by atoms with Crippen LogP contribution in [0.1, 0.15) is 263 Å². The van der Waals surface area contributed by atoms with Crippen molar-refractivity contribution in [2.24, 2.45) is 23.7 Å². The zero-order valence-corrected chi connectivity index (χ0v) is 62.1. The number of aromatic nitrogens is 2. The van der Waals surface area contributed by atoms with Crippen LogP contribution in [0.2, 0.25) is 0 Å². The number of benzene rings is 6. The summed E-state index contributed by atoms with van der Waals surface area (Å²) < 4.78 is 39.9. The number of fused-ring (bicyclic) bond motifs is 6. The summed E-state index contributed by atoms with van der Waals surface area (Å²) in [4.78, 5) is 0. The Morgan fingerprint density at radius 1 is 0.458 bits per heavy atom. The molecule has 0 saturated heterocycles. The average molecular weight is 1290 g/mol. The topological polar surface area (TPSA) is 53.8 Å². The highest BCUT2D eigenvalue weighted by molar-refractivity contribution is 6.37. The van der Waals surface area contributed by atoms with Crippen molar-refractivity contribution in [3.05, 3.63) is 116 Å². The summed E-state index contributed by atoms with van der Waals surface area (Å²) in [7, 11) is 4.88. The molecule has 0 saturated carbocycles. The second-order valence-electron chi connectivity index (χ2n) is 29.7. The van der Waals surface area contributed by atoms with Gasteiger partial charge in [-0.25, -0.2) is 0 Å². The monoisotopic (exact) mass is 1290 g/mol. The standard InChI is InChI=1S/C86H116B2N4O4/c1-17-29-33-57(21-5)45-53(13)93-73-41-37-61-39-43-75(95-55(15)47-59(23-7)35-31-19-3)83-77(61)79(73)67-49-63(25-9)89-85(67)81(83)71-51-65(69(27-11)91(71)87-89)66-52-72-82-84-76(96-56(16)48-60(24-8)36-32-20-4)44-40-62-38-42-74(94-54(14)46-58(22-6)34-30-18-2)80(78(62)84)68-50-64(26-10)90(86(68)82)88-92(72)70(66)28-12/h37-44,49-60H,17-36,45-48H2,1-16H3/q+2. The molecule has 4 radical (unpaired) electrons. The first-order valence-corrected chi connectivity index (χ1v) is 39.0. The first-order valence-electron chi connectivity index (χ1n) is 39.0. The van der Waals surface area contributed by atoms with E-state index in [2.05, 4.69) is 217 Å². The van der Waals surface area contributed by atoms with Crippen LogP contribution in [0, 0.1) is 23.7 Å². The van der Waals surface area contributed by atoms with Crippen molar-refractivity contribution in [3.63, 3.8) is 0 Å². The molecule has 4 aliphatic heterocycles. The number of aryl methyl sites for hydroxylation is 2. The van der Waals surface area contributed by atoms with Crippen molar-refractivity contribution < 1.29 is 27.7 Å². The van der Waals surface area contributed by atoms with Crippen LogP contribution >= 0.6 is 0 Å². The van der Waals surface area contributed by atoms with Gasteiger partial charge < -0.3 is 32.1 Å². The lowest BCUT2D eigenvalue weighted by Gasteiger charge is -2.29. The van der Waals surface area contributed by atoms with Crippen molar-refractivity contribution >= 4 is 103 Å². The molecule has 0 spiro atoms. The van der Waals surface area contributed by atoms with Gasteiger partial charge in [0.2, 0.25) is 7.55 Å². The van der Waals surface area contributed by atoms with Crippen molar-refractivity contribution in [2.75, 3.05) is 0 Å². The van der Waals surface area contributed by atoms with E-state index in [9.17, 15) is 0 Å². The molecule has 96 heavy (non-hydrogen) atoms.